The standard InChI is InChI=1S/C11H18BrO4P/c1-3-15-9(13)7-5-6-8(17)10(12)11(14)16-4-2/h10,17H,3-7H2,1-2H3. The van der Waals surface area contributed by atoms with Crippen molar-refractivity contribution >= 4 is 42.0 Å². The molecule has 0 aromatic carbocycles. The Morgan fingerprint density at radius 2 is 1.76 bits per heavy atom. The van der Waals surface area contributed by atoms with Gasteiger partial charge in [0.25, 0.3) is 0 Å². The van der Waals surface area contributed by atoms with E-state index in [4.69, 9.17) is 9.47 Å². The number of esters is 2. The smallest absolute Gasteiger partial charge is 0.324 e. The van der Waals surface area contributed by atoms with Gasteiger partial charge in [-0.05, 0) is 32.0 Å². The normalized spacial score (nSPS) is 11.7. The van der Waals surface area contributed by atoms with E-state index >= 15 is 0 Å². The molecule has 0 heterocycles. The van der Waals surface area contributed by atoms with Gasteiger partial charge in [0.1, 0.15) is 4.83 Å². The Hall–Kier alpha value is -0.410. The van der Waals surface area contributed by atoms with E-state index in [1.807, 2.05) is 0 Å². The summed E-state index contributed by atoms with van der Waals surface area (Å²) in [5.41, 5.74) is 0. The van der Waals surface area contributed by atoms with E-state index in [9.17, 15) is 9.59 Å². The Morgan fingerprint density at radius 3 is 2.29 bits per heavy atom. The zero-order valence-electron chi connectivity index (χ0n) is 10.1. The maximum absolute atomic E-state index is 11.4. The molecule has 0 aliphatic heterocycles. The van der Waals surface area contributed by atoms with Crippen LogP contribution in [0, 0.1) is 0 Å². The molecule has 0 amide bonds. The van der Waals surface area contributed by atoms with Crippen LogP contribution < -0.4 is 0 Å². The summed E-state index contributed by atoms with van der Waals surface area (Å²) >= 11 is 3.23. The summed E-state index contributed by atoms with van der Waals surface area (Å²) in [4.78, 5) is 22.0. The van der Waals surface area contributed by atoms with Crippen molar-refractivity contribution in [3.63, 3.8) is 0 Å². The first-order chi connectivity index (χ1) is 8.02. The minimum atomic E-state index is -0.471. The van der Waals surface area contributed by atoms with Gasteiger partial charge < -0.3 is 9.47 Å². The lowest BCUT2D eigenvalue weighted by molar-refractivity contribution is -0.143. The molecule has 0 aliphatic rings. The van der Waals surface area contributed by atoms with Gasteiger partial charge in [0.05, 0.1) is 13.2 Å². The van der Waals surface area contributed by atoms with Crippen LogP contribution in [0.3, 0.4) is 0 Å². The maximum atomic E-state index is 11.4. The lowest BCUT2D eigenvalue weighted by Crippen LogP contribution is -2.24. The summed E-state index contributed by atoms with van der Waals surface area (Å²) in [6.45, 7) is 4.27. The average molecular weight is 325 g/mol. The van der Waals surface area contributed by atoms with E-state index < -0.39 is 4.83 Å². The molecule has 98 valence electrons. The minimum Gasteiger partial charge on any atom is -0.466 e. The molecule has 4 nitrogen and oxygen atoms in total. The predicted octanol–water partition coefficient (Wildman–Crippen LogP) is 2.36. The fourth-order valence-electron chi connectivity index (χ4n) is 1.14. The first-order valence-corrected chi connectivity index (χ1v) is 6.98. The molecule has 0 saturated heterocycles. The van der Waals surface area contributed by atoms with Crippen LogP contribution in [0.5, 0.6) is 0 Å². The fourth-order valence-corrected chi connectivity index (χ4v) is 1.80. The van der Waals surface area contributed by atoms with Crippen LogP contribution >= 0.6 is 24.8 Å². The van der Waals surface area contributed by atoms with Crippen molar-refractivity contribution in [2.75, 3.05) is 13.2 Å². The van der Waals surface area contributed by atoms with E-state index in [0.29, 0.717) is 32.5 Å². The Balaban J connectivity index is 3.85. The quantitative estimate of drug-likeness (QED) is 0.391. The molecule has 0 rings (SSSR count). The molecule has 0 N–H and O–H groups in total. The second-order valence-corrected chi connectivity index (χ2v) is 4.86. The van der Waals surface area contributed by atoms with Gasteiger partial charge in [-0.1, -0.05) is 15.9 Å². The Morgan fingerprint density at radius 1 is 1.18 bits per heavy atom. The highest BCUT2D eigenvalue weighted by Crippen LogP contribution is 2.12. The van der Waals surface area contributed by atoms with Crippen LogP contribution in [-0.2, 0) is 19.1 Å². The van der Waals surface area contributed by atoms with E-state index in [-0.39, 0.29) is 11.9 Å². The van der Waals surface area contributed by atoms with Crippen molar-refractivity contribution in [1.29, 1.82) is 0 Å². The average Bonchev–Trinajstić information content (AvgIpc) is 2.28. The molecule has 0 fully saturated rings. The molecule has 0 saturated carbocycles. The van der Waals surface area contributed by atoms with Gasteiger partial charge in [-0.15, -0.1) is 8.86 Å². The van der Waals surface area contributed by atoms with E-state index in [2.05, 4.69) is 24.8 Å². The van der Waals surface area contributed by atoms with Crippen molar-refractivity contribution in [1.82, 2.24) is 0 Å². The van der Waals surface area contributed by atoms with Crippen LogP contribution in [0.1, 0.15) is 33.1 Å². The van der Waals surface area contributed by atoms with Gasteiger partial charge in [0.2, 0.25) is 0 Å². The Bertz CT molecular complexity index is 281. The number of hydrogen-bond donors (Lipinski definition) is 0. The number of alkyl halides is 1. The third-order valence-electron chi connectivity index (χ3n) is 1.93. The molecule has 1 unspecified atom stereocenters. The number of carbonyl (C=O) groups excluding carboxylic acids is 2. The van der Waals surface area contributed by atoms with E-state index in [1.165, 1.54) is 0 Å². The van der Waals surface area contributed by atoms with Crippen LogP contribution in [0.4, 0.5) is 0 Å². The number of rotatable bonds is 8. The number of halogens is 1. The second-order valence-electron chi connectivity index (χ2n) is 3.30. The molecule has 0 spiro atoms. The third-order valence-corrected chi connectivity index (χ3v) is 3.82. The SMILES string of the molecule is CCOC(=O)CCCC(=P)C(Br)C(=O)OCC. The van der Waals surface area contributed by atoms with Crippen LogP contribution in [0.15, 0.2) is 0 Å². The molecule has 6 heteroatoms. The highest BCUT2D eigenvalue weighted by molar-refractivity contribution is 9.10. The summed E-state index contributed by atoms with van der Waals surface area (Å²) < 4.78 is 9.66. The summed E-state index contributed by atoms with van der Waals surface area (Å²) in [7, 11) is 3.37. The zero-order chi connectivity index (χ0) is 13.3. The molecule has 0 aliphatic carbocycles. The topological polar surface area (TPSA) is 52.6 Å². The Kier molecular flexibility index (Phi) is 9.37. The third kappa shape index (κ3) is 7.50. The van der Waals surface area contributed by atoms with Gasteiger partial charge in [-0.2, -0.15) is 0 Å². The summed E-state index contributed by atoms with van der Waals surface area (Å²) in [6, 6.07) is 0. The lowest BCUT2D eigenvalue weighted by atomic mass is 10.1. The van der Waals surface area contributed by atoms with Crippen molar-refractivity contribution in [3.8, 4) is 0 Å². The van der Waals surface area contributed by atoms with Crippen LogP contribution in [-0.4, -0.2) is 35.3 Å². The van der Waals surface area contributed by atoms with Crippen LogP contribution in [0.25, 0.3) is 0 Å². The largest absolute Gasteiger partial charge is 0.466 e. The molecule has 1 atom stereocenters. The fraction of sp³-hybridized carbons (Fsp3) is 0.727. The van der Waals surface area contributed by atoms with Crippen molar-refractivity contribution in [3.05, 3.63) is 0 Å². The second kappa shape index (κ2) is 9.60. The highest BCUT2D eigenvalue weighted by Gasteiger charge is 2.19. The summed E-state index contributed by atoms with van der Waals surface area (Å²) in [5, 5.41) is 0.771. The molecular formula is C11H18BrO4P. The molecular weight excluding hydrogens is 307 g/mol. The van der Waals surface area contributed by atoms with Crippen LogP contribution in [0.2, 0.25) is 0 Å². The first kappa shape index (κ1) is 16.6. The van der Waals surface area contributed by atoms with Crippen molar-refractivity contribution in [2.45, 2.75) is 37.9 Å². The molecule has 0 aromatic heterocycles. The van der Waals surface area contributed by atoms with Gasteiger partial charge in [0, 0.05) is 6.42 Å². The highest BCUT2D eigenvalue weighted by atomic mass is 79.9. The molecule has 0 bridgehead atoms. The first-order valence-electron chi connectivity index (χ1n) is 5.56. The lowest BCUT2D eigenvalue weighted by Gasteiger charge is -2.11. The molecule has 0 radical (unpaired) electrons. The molecule has 17 heavy (non-hydrogen) atoms. The van der Waals surface area contributed by atoms with Gasteiger partial charge in [-0.25, -0.2) is 0 Å². The minimum absolute atomic E-state index is 0.214. The molecule has 0 aromatic rings. The number of ether oxygens (including phenoxy) is 2. The maximum Gasteiger partial charge on any atom is 0.324 e. The number of hydrogen-bond acceptors (Lipinski definition) is 4. The monoisotopic (exact) mass is 324 g/mol. The summed E-state index contributed by atoms with van der Waals surface area (Å²) in [6.07, 6.45) is 1.61. The van der Waals surface area contributed by atoms with Gasteiger partial charge >= 0.3 is 11.9 Å². The van der Waals surface area contributed by atoms with Gasteiger partial charge in [0.15, 0.2) is 0 Å². The van der Waals surface area contributed by atoms with Crippen molar-refractivity contribution < 1.29 is 19.1 Å². The van der Waals surface area contributed by atoms with Crippen molar-refractivity contribution in [2.24, 2.45) is 0 Å². The predicted molar refractivity (Wildman–Crippen MR) is 73.2 cm³/mol. The Labute approximate surface area is 112 Å². The number of carbonyl (C=O) groups is 2. The summed E-state index contributed by atoms with van der Waals surface area (Å²) in [5.74, 6) is -0.539. The van der Waals surface area contributed by atoms with E-state index in [1.54, 1.807) is 13.8 Å². The van der Waals surface area contributed by atoms with E-state index in [0.717, 1.165) is 5.29 Å². The zero-order valence-corrected chi connectivity index (χ0v) is 12.7. The van der Waals surface area contributed by atoms with Gasteiger partial charge in [-0.3, -0.25) is 9.59 Å².